The molecule has 0 aromatic carbocycles. The highest BCUT2D eigenvalue weighted by Gasteiger charge is 2.08. The zero-order chi connectivity index (χ0) is 13.0. The average Bonchev–Trinajstić information content (AvgIpc) is 2.26. The van der Waals surface area contributed by atoms with E-state index in [-0.39, 0.29) is 0 Å². The van der Waals surface area contributed by atoms with E-state index in [4.69, 9.17) is 0 Å². The summed E-state index contributed by atoms with van der Waals surface area (Å²) in [7, 11) is 2.02. The Hall–Kier alpha value is -1.38. The lowest BCUT2D eigenvalue weighted by atomic mass is 10.0. The third-order valence-corrected chi connectivity index (χ3v) is 2.93. The zero-order valence-corrected chi connectivity index (χ0v) is 11.8. The highest BCUT2D eigenvalue weighted by molar-refractivity contribution is 5.62. The zero-order valence-electron chi connectivity index (χ0n) is 11.8. The second-order valence-electron chi connectivity index (χ2n) is 4.74. The van der Waals surface area contributed by atoms with Crippen LogP contribution in [-0.4, -0.2) is 29.8 Å². The smallest absolute Gasteiger partial charge is 0.0910 e. The van der Waals surface area contributed by atoms with Gasteiger partial charge in [-0.2, -0.15) is 0 Å². The van der Waals surface area contributed by atoms with Crippen LogP contribution in [0.5, 0.6) is 0 Å². The van der Waals surface area contributed by atoms with Crippen LogP contribution in [0, 0.1) is 13.8 Å². The van der Waals surface area contributed by atoms with Crippen molar-refractivity contribution in [2.24, 2.45) is 4.99 Å². The summed E-state index contributed by atoms with van der Waals surface area (Å²) >= 11 is 0. The normalized spacial score (nSPS) is 11.5. The van der Waals surface area contributed by atoms with Crippen LogP contribution in [0.15, 0.2) is 11.1 Å². The Balaban J connectivity index is 3.08. The summed E-state index contributed by atoms with van der Waals surface area (Å²) in [6.07, 6.45) is 1.86. The third kappa shape index (κ3) is 3.55. The van der Waals surface area contributed by atoms with Gasteiger partial charge in [0.15, 0.2) is 0 Å². The molecule has 0 fully saturated rings. The quantitative estimate of drug-likeness (QED) is 0.589. The number of aryl methyl sites for hydroxylation is 2. The van der Waals surface area contributed by atoms with E-state index in [0.29, 0.717) is 5.92 Å². The first-order valence-corrected chi connectivity index (χ1v) is 6.18. The first kappa shape index (κ1) is 13.7. The number of rotatable bonds is 4. The Morgan fingerprint density at radius 1 is 1.35 bits per heavy atom. The first-order chi connectivity index (χ1) is 7.95. The molecule has 1 heterocycles. The molecule has 0 radical (unpaired) electrons. The molecule has 17 heavy (non-hydrogen) atoms. The van der Waals surface area contributed by atoms with Crippen LogP contribution in [0.1, 0.15) is 43.6 Å². The molecule has 0 bridgehead atoms. The maximum absolute atomic E-state index is 4.57. The predicted molar refractivity (Wildman–Crippen MR) is 74.3 cm³/mol. The molecule has 0 amide bonds. The summed E-state index contributed by atoms with van der Waals surface area (Å²) in [6.45, 7) is 11.5. The Morgan fingerprint density at radius 3 is 2.53 bits per heavy atom. The van der Waals surface area contributed by atoms with Gasteiger partial charge in [-0.05, 0) is 38.3 Å². The van der Waals surface area contributed by atoms with Crippen LogP contribution in [0.25, 0.3) is 0 Å². The van der Waals surface area contributed by atoms with Crippen molar-refractivity contribution in [3.8, 4) is 0 Å². The van der Waals surface area contributed by atoms with Gasteiger partial charge >= 0.3 is 0 Å². The van der Waals surface area contributed by atoms with Crippen LogP contribution in [0.2, 0.25) is 0 Å². The fourth-order valence-electron chi connectivity index (χ4n) is 1.69. The Morgan fingerprint density at radius 2 is 2.00 bits per heavy atom. The molecule has 0 unspecified atom stereocenters. The van der Waals surface area contributed by atoms with Crippen LogP contribution in [0.4, 0.5) is 5.69 Å². The maximum Gasteiger partial charge on any atom is 0.0910 e. The standard InChI is InChI=1S/C14H23N3/c1-7-17(6)9-15-14-8-13(10(2)3)11(4)16-12(14)5/h8-10H,7H2,1-6H3/b15-9+. The minimum atomic E-state index is 0.487. The molecule has 3 nitrogen and oxygen atoms in total. The molecule has 0 spiro atoms. The number of aromatic nitrogens is 1. The van der Waals surface area contributed by atoms with E-state index in [9.17, 15) is 0 Å². The van der Waals surface area contributed by atoms with Crippen molar-refractivity contribution >= 4 is 12.0 Å². The molecule has 0 atom stereocenters. The molecule has 0 saturated heterocycles. The van der Waals surface area contributed by atoms with E-state index in [1.807, 2.05) is 25.2 Å². The van der Waals surface area contributed by atoms with Crippen molar-refractivity contribution in [2.45, 2.75) is 40.5 Å². The number of aliphatic imine (C=N–C) groups is 1. The summed E-state index contributed by atoms with van der Waals surface area (Å²) in [4.78, 5) is 11.1. The van der Waals surface area contributed by atoms with E-state index in [1.54, 1.807) is 0 Å². The van der Waals surface area contributed by atoms with Crippen molar-refractivity contribution < 1.29 is 0 Å². The minimum absolute atomic E-state index is 0.487. The van der Waals surface area contributed by atoms with Gasteiger partial charge in [-0.1, -0.05) is 13.8 Å². The van der Waals surface area contributed by atoms with Crippen molar-refractivity contribution in [2.75, 3.05) is 13.6 Å². The van der Waals surface area contributed by atoms with Crippen LogP contribution < -0.4 is 0 Å². The van der Waals surface area contributed by atoms with E-state index < -0.39 is 0 Å². The fraction of sp³-hybridized carbons (Fsp3) is 0.571. The van der Waals surface area contributed by atoms with Gasteiger partial charge in [0.2, 0.25) is 0 Å². The van der Waals surface area contributed by atoms with Crippen LogP contribution in [0.3, 0.4) is 0 Å². The van der Waals surface area contributed by atoms with Crippen molar-refractivity contribution in [1.29, 1.82) is 0 Å². The molecule has 1 rings (SSSR count). The molecule has 0 aliphatic rings. The van der Waals surface area contributed by atoms with Gasteiger partial charge in [-0.3, -0.25) is 4.98 Å². The number of hydrogen-bond donors (Lipinski definition) is 0. The summed E-state index contributed by atoms with van der Waals surface area (Å²) in [5.74, 6) is 0.487. The van der Waals surface area contributed by atoms with E-state index in [2.05, 4.69) is 43.7 Å². The maximum atomic E-state index is 4.57. The molecule has 3 heteroatoms. The van der Waals surface area contributed by atoms with Crippen molar-refractivity contribution in [3.63, 3.8) is 0 Å². The van der Waals surface area contributed by atoms with Gasteiger partial charge in [-0.25, -0.2) is 4.99 Å². The first-order valence-electron chi connectivity index (χ1n) is 6.18. The molecule has 0 saturated carbocycles. The Kier molecular flexibility index (Phi) is 4.67. The number of hydrogen-bond acceptors (Lipinski definition) is 2. The highest BCUT2D eigenvalue weighted by Crippen LogP contribution is 2.25. The number of nitrogens with zero attached hydrogens (tertiary/aromatic N) is 3. The Labute approximate surface area is 105 Å². The molecule has 0 aliphatic heterocycles. The van der Waals surface area contributed by atoms with Crippen molar-refractivity contribution in [1.82, 2.24) is 9.88 Å². The van der Waals surface area contributed by atoms with Crippen molar-refractivity contribution in [3.05, 3.63) is 23.0 Å². The van der Waals surface area contributed by atoms with Gasteiger partial charge < -0.3 is 4.90 Å². The van der Waals surface area contributed by atoms with E-state index in [0.717, 1.165) is 23.6 Å². The molecule has 0 aliphatic carbocycles. The van der Waals surface area contributed by atoms with Gasteiger partial charge in [0.25, 0.3) is 0 Å². The average molecular weight is 233 g/mol. The largest absolute Gasteiger partial charge is 0.366 e. The summed E-state index contributed by atoms with van der Waals surface area (Å²) < 4.78 is 0. The number of pyridine rings is 1. The van der Waals surface area contributed by atoms with Gasteiger partial charge in [0.05, 0.1) is 17.7 Å². The predicted octanol–water partition coefficient (Wildman–Crippen LogP) is 3.43. The van der Waals surface area contributed by atoms with E-state index >= 15 is 0 Å². The molecular formula is C14H23N3. The van der Waals surface area contributed by atoms with E-state index in [1.165, 1.54) is 5.56 Å². The van der Waals surface area contributed by atoms with Gasteiger partial charge in [0.1, 0.15) is 0 Å². The summed E-state index contributed by atoms with van der Waals surface area (Å²) in [6, 6.07) is 2.16. The molecular weight excluding hydrogens is 210 g/mol. The topological polar surface area (TPSA) is 28.5 Å². The lowest BCUT2D eigenvalue weighted by Crippen LogP contribution is -2.14. The lowest BCUT2D eigenvalue weighted by molar-refractivity contribution is 0.552. The summed E-state index contributed by atoms with van der Waals surface area (Å²) in [5.41, 5.74) is 4.36. The van der Waals surface area contributed by atoms with Crippen LogP contribution in [-0.2, 0) is 0 Å². The monoisotopic (exact) mass is 233 g/mol. The van der Waals surface area contributed by atoms with Gasteiger partial charge in [-0.15, -0.1) is 0 Å². The molecule has 1 aromatic rings. The fourth-order valence-corrected chi connectivity index (χ4v) is 1.69. The second-order valence-corrected chi connectivity index (χ2v) is 4.74. The molecule has 1 aromatic heterocycles. The highest BCUT2D eigenvalue weighted by atomic mass is 15.1. The molecule has 0 N–H and O–H groups in total. The van der Waals surface area contributed by atoms with Gasteiger partial charge in [0, 0.05) is 19.3 Å². The SMILES string of the molecule is CCN(C)/C=N/c1cc(C(C)C)c(C)nc1C. The lowest BCUT2D eigenvalue weighted by Gasteiger charge is -2.13. The Bertz CT molecular complexity index is 408. The summed E-state index contributed by atoms with van der Waals surface area (Å²) in [5, 5.41) is 0. The molecule has 94 valence electrons. The van der Waals surface area contributed by atoms with Crippen LogP contribution >= 0.6 is 0 Å². The third-order valence-electron chi connectivity index (χ3n) is 2.93. The minimum Gasteiger partial charge on any atom is -0.366 e. The second kappa shape index (κ2) is 5.80.